The molecule has 0 amide bonds. The molecule has 0 N–H and O–H groups in total. The molecule has 0 saturated heterocycles. The summed E-state index contributed by atoms with van der Waals surface area (Å²) in [7, 11) is 0. The molecule has 1 nitrogen and oxygen atoms in total. The van der Waals surface area contributed by atoms with Crippen molar-refractivity contribution < 1.29 is 4.79 Å². The molecule has 3 aromatic rings. The molecule has 0 bridgehead atoms. The van der Waals surface area contributed by atoms with Crippen molar-refractivity contribution in [2.24, 2.45) is 0 Å². The molecule has 0 saturated carbocycles. The normalized spacial score (nSPS) is 10.3. The van der Waals surface area contributed by atoms with Crippen LogP contribution in [0.1, 0.15) is 9.67 Å². The minimum absolute atomic E-state index is 0.0573. The van der Waals surface area contributed by atoms with E-state index in [1.165, 1.54) is 11.3 Å². The van der Waals surface area contributed by atoms with E-state index >= 15 is 0 Å². The molecule has 0 aliphatic carbocycles. The number of hydrogen-bond donors (Lipinski definition) is 0. The van der Waals surface area contributed by atoms with E-state index in [0.717, 1.165) is 18.9 Å². The highest BCUT2D eigenvalue weighted by Crippen LogP contribution is 2.39. The lowest BCUT2D eigenvalue weighted by atomic mass is 10.3. The molecule has 23 heavy (non-hydrogen) atoms. The van der Waals surface area contributed by atoms with Gasteiger partial charge in [-0.15, -0.1) is 11.3 Å². The summed E-state index contributed by atoms with van der Waals surface area (Å²) >= 11 is 4.71. The Bertz CT molecular complexity index is 735. The SMILES string of the molecule is O=C(C=C(Sc1ccccc1)Sc1ccccc1)c1cccs1. The first-order chi connectivity index (χ1) is 11.3. The molecule has 1 heterocycles. The van der Waals surface area contributed by atoms with E-state index < -0.39 is 0 Å². The third-order valence-electron chi connectivity index (χ3n) is 2.94. The van der Waals surface area contributed by atoms with E-state index in [0.29, 0.717) is 0 Å². The Morgan fingerprint density at radius 3 is 1.83 bits per heavy atom. The van der Waals surface area contributed by atoms with Crippen LogP contribution in [0.4, 0.5) is 0 Å². The lowest BCUT2D eigenvalue weighted by Crippen LogP contribution is -1.90. The van der Waals surface area contributed by atoms with Crippen LogP contribution >= 0.6 is 34.9 Å². The molecule has 114 valence electrons. The van der Waals surface area contributed by atoms with Gasteiger partial charge in [0.25, 0.3) is 0 Å². The quantitative estimate of drug-likeness (QED) is 0.291. The van der Waals surface area contributed by atoms with Gasteiger partial charge in [0.05, 0.1) is 9.11 Å². The largest absolute Gasteiger partial charge is 0.288 e. The van der Waals surface area contributed by atoms with Gasteiger partial charge in [0, 0.05) is 15.9 Å². The molecular formula is C19H14OS3. The number of carbonyl (C=O) groups excluding carboxylic acids is 1. The average molecular weight is 355 g/mol. The first kappa shape index (κ1) is 16.1. The van der Waals surface area contributed by atoms with Crippen LogP contribution in [0.3, 0.4) is 0 Å². The van der Waals surface area contributed by atoms with Gasteiger partial charge in [-0.1, -0.05) is 66.0 Å². The third kappa shape index (κ3) is 4.86. The number of carbonyl (C=O) groups is 1. The summed E-state index contributed by atoms with van der Waals surface area (Å²) in [5.74, 6) is 0.0573. The number of rotatable bonds is 6. The van der Waals surface area contributed by atoms with Crippen LogP contribution in [0.5, 0.6) is 0 Å². The Morgan fingerprint density at radius 2 is 1.35 bits per heavy atom. The standard InChI is InChI=1S/C19H14OS3/c20-17(18-12-7-13-21-18)14-19(22-15-8-3-1-4-9-15)23-16-10-5-2-6-11-16/h1-14H. The molecular weight excluding hydrogens is 340 g/mol. The highest BCUT2D eigenvalue weighted by Gasteiger charge is 2.09. The molecule has 4 heteroatoms. The fourth-order valence-electron chi connectivity index (χ4n) is 1.89. The second kappa shape index (κ2) is 8.20. The Hall–Kier alpha value is -1.75. The minimum atomic E-state index is 0.0573. The smallest absolute Gasteiger partial charge is 0.197 e. The molecule has 0 radical (unpaired) electrons. The summed E-state index contributed by atoms with van der Waals surface area (Å²) in [6.07, 6.45) is 1.74. The van der Waals surface area contributed by atoms with E-state index in [9.17, 15) is 4.79 Å². The van der Waals surface area contributed by atoms with Crippen LogP contribution in [-0.2, 0) is 0 Å². The summed E-state index contributed by atoms with van der Waals surface area (Å²) in [6, 6.07) is 24.0. The number of thioether (sulfide) groups is 2. The van der Waals surface area contributed by atoms with Gasteiger partial charge >= 0.3 is 0 Å². The number of ketones is 1. The van der Waals surface area contributed by atoms with Crippen molar-refractivity contribution in [1.29, 1.82) is 0 Å². The first-order valence-electron chi connectivity index (χ1n) is 7.06. The molecule has 0 aliphatic rings. The van der Waals surface area contributed by atoms with Crippen LogP contribution < -0.4 is 0 Å². The summed E-state index contributed by atoms with van der Waals surface area (Å²) < 4.78 is 0.973. The van der Waals surface area contributed by atoms with E-state index in [1.807, 2.05) is 53.9 Å². The van der Waals surface area contributed by atoms with Crippen molar-refractivity contribution in [3.8, 4) is 0 Å². The predicted molar refractivity (Wildman–Crippen MR) is 101 cm³/mol. The van der Waals surface area contributed by atoms with Gasteiger partial charge in [-0.3, -0.25) is 4.79 Å². The van der Waals surface area contributed by atoms with Crippen LogP contribution in [0, 0.1) is 0 Å². The van der Waals surface area contributed by atoms with Crippen molar-refractivity contribution in [2.75, 3.05) is 0 Å². The molecule has 3 rings (SSSR count). The number of benzene rings is 2. The van der Waals surface area contributed by atoms with Gasteiger partial charge in [-0.05, 0) is 35.7 Å². The van der Waals surface area contributed by atoms with Crippen molar-refractivity contribution in [3.05, 3.63) is 93.4 Å². The molecule has 0 atom stereocenters. The summed E-state index contributed by atoms with van der Waals surface area (Å²) in [5.41, 5.74) is 0. The number of allylic oxidation sites excluding steroid dienone is 1. The van der Waals surface area contributed by atoms with Crippen molar-refractivity contribution >= 4 is 40.6 Å². The number of hydrogen-bond acceptors (Lipinski definition) is 4. The highest BCUT2D eigenvalue weighted by molar-refractivity contribution is 8.22. The van der Waals surface area contributed by atoms with E-state index in [-0.39, 0.29) is 5.78 Å². The first-order valence-corrected chi connectivity index (χ1v) is 9.58. The van der Waals surface area contributed by atoms with Gasteiger partial charge in [-0.2, -0.15) is 0 Å². The Balaban J connectivity index is 1.85. The fraction of sp³-hybridized carbons (Fsp3) is 0. The maximum absolute atomic E-state index is 12.4. The zero-order valence-corrected chi connectivity index (χ0v) is 14.7. The van der Waals surface area contributed by atoms with Crippen molar-refractivity contribution in [2.45, 2.75) is 9.79 Å². The Labute approximate surface area is 148 Å². The molecule has 0 spiro atoms. The second-order valence-electron chi connectivity index (χ2n) is 4.64. The lowest BCUT2D eigenvalue weighted by molar-refractivity contribution is 0.105. The van der Waals surface area contributed by atoms with Crippen molar-refractivity contribution in [1.82, 2.24) is 0 Å². The fourth-order valence-corrected chi connectivity index (χ4v) is 4.65. The maximum atomic E-state index is 12.4. The maximum Gasteiger partial charge on any atom is 0.197 e. The van der Waals surface area contributed by atoms with Crippen molar-refractivity contribution in [3.63, 3.8) is 0 Å². The van der Waals surface area contributed by atoms with Crippen LogP contribution in [-0.4, -0.2) is 5.78 Å². The van der Waals surface area contributed by atoms with Crippen LogP contribution in [0.2, 0.25) is 0 Å². The molecule has 2 aromatic carbocycles. The second-order valence-corrected chi connectivity index (χ2v) is 8.07. The predicted octanol–water partition coefficient (Wildman–Crippen LogP) is 6.36. The van der Waals surface area contributed by atoms with E-state index in [1.54, 1.807) is 29.6 Å². The third-order valence-corrected chi connectivity index (χ3v) is 5.97. The summed E-state index contributed by atoms with van der Waals surface area (Å²) in [4.78, 5) is 15.4. The minimum Gasteiger partial charge on any atom is -0.288 e. The Kier molecular flexibility index (Phi) is 5.75. The average Bonchev–Trinajstić information content (AvgIpc) is 3.11. The molecule has 1 aromatic heterocycles. The van der Waals surface area contributed by atoms with E-state index in [2.05, 4.69) is 24.3 Å². The highest BCUT2D eigenvalue weighted by atomic mass is 32.2. The van der Waals surface area contributed by atoms with E-state index in [4.69, 9.17) is 0 Å². The zero-order chi connectivity index (χ0) is 15.9. The van der Waals surface area contributed by atoms with Crippen LogP contribution in [0.25, 0.3) is 0 Å². The molecule has 0 aliphatic heterocycles. The Morgan fingerprint density at radius 1 is 0.783 bits per heavy atom. The number of thiophene rings is 1. The molecule has 0 fully saturated rings. The van der Waals surface area contributed by atoms with Crippen LogP contribution in [0.15, 0.2) is 98.3 Å². The van der Waals surface area contributed by atoms with Gasteiger partial charge < -0.3 is 0 Å². The van der Waals surface area contributed by atoms with Gasteiger partial charge in [0.2, 0.25) is 0 Å². The lowest BCUT2D eigenvalue weighted by Gasteiger charge is -2.07. The van der Waals surface area contributed by atoms with Gasteiger partial charge in [-0.25, -0.2) is 0 Å². The summed E-state index contributed by atoms with van der Waals surface area (Å²) in [5, 5.41) is 1.93. The molecule has 0 unspecified atom stereocenters. The summed E-state index contributed by atoms with van der Waals surface area (Å²) in [6.45, 7) is 0. The monoisotopic (exact) mass is 354 g/mol. The van der Waals surface area contributed by atoms with Gasteiger partial charge in [0.15, 0.2) is 5.78 Å². The zero-order valence-electron chi connectivity index (χ0n) is 12.2. The topological polar surface area (TPSA) is 17.1 Å². The van der Waals surface area contributed by atoms with Gasteiger partial charge in [0.1, 0.15) is 0 Å².